The molecule has 0 spiro atoms. The van der Waals surface area contributed by atoms with Crippen LogP contribution in [0.25, 0.3) is 0 Å². The molecule has 0 bridgehead atoms. The third kappa shape index (κ3) is 3.12. The summed E-state index contributed by atoms with van der Waals surface area (Å²) >= 11 is 5.87. The monoisotopic (exact) mass is 292 g/mol. The maximum Gasteiger partial charge on any atom is 0.240 e. The van der Waals surface area contributed by atoms with E-state index in [1.807, 2.05) is 18.2 Å². The second-order valence-corrected chi connectivity index (χ2v) is 5.88. The molecule has 20 heavy (non-hydrogen) atoms. The van der Waals surface area contributed by atoms with E-state index in [9.17, 15) is 4.79 Å². The predicted octanol–water partition coefficient (Wildman–Crippen LogP) is 2.84. The summed E-state index contributed by atoms with van der Waals surface area (Å²) in [5.41, 5.74) is -0.0559. The molecule has 0 aliphatic carbocycles. The number of benzene rings is 1. The molecule has 1 heterocycles. The van der Waals surface area contributed by atoms with E-state index in [1.165, 1.54) is 0 Å². The fourth-order valence-electron chi connectivity index (χ4n) is 2.12. The van der Waals surface area contributed by atoms with Gasteiger partial charge >= 0.3 is 0 Å². The fraction of sp³-hybridized carbons (Fsp3) is 0.467. The van der Waals surface area contributed by atoms with Gasteiger partial charge < -0.3 is 10.1 Å². The van der Waals surface area contributed by atoms with Crippen molar-refractivity contribution in [2.75, 3.05) is 6.61 Å². The smallest absolute Gasteiger partial charge is 0.240 e. The van der Waals surface area contributed by atoms with Gasteiger partial charge in [0.05, 0.1) is 12.1 Å². The summed E-state index contributed by atoms with van der Waals surface area (Å²) in [5.74, 6) is -0.269. The quantitative estimate of drug-likeness (QED) is 0.932. The summed E-state index contributed by atoms with van der Waals surface area (Å²) in [6.07, 6.45) is 0.547. The lowest BCUT2D eigenvalue weighted by Gasteiger charge is -2.23. The average Bonchev–Trinajstić information content (AvgIpc) is 2.87. The molecule has 1 fully saturated rings. The molecule has 1 aromatic rings. The number of carbonyl (C=O) groups is 1. The number of nitrogens with one attached hydrogen (secondary N) is 1. The minimum atomic E-state index is -1.03. The number of rotatable bonds is 3. The first-order chi connectivity index (χ1) is 9.44. The van der Waals surface area contributed by atoms with Crippen LogP contribution in [-0.4, -0.2) is 18.6 Å². The van der Waals surface area contributed by atoms with Crippen molar-refractivity contribution in [3.05, 3.63) is 34.9 Å². The van der Waals surface area contributed by atoms with E-state index >= 15 is 0 Å². The number of hydrogen-bond donors (Lipinski definition) is 1. The SMILES string of the molecule is CC(C)(C#N)C(=O)N[C@H]1CCO[C@H]1c1ccc(Cl)cc1. The van der Waals surface area contributed by atoms with Crippen LogP contribution in [0.4, 0.5) is 0 Å². The lowest BCUT2D eigenvalue weighted by atomic mass is 9.93. The van der Waals surface area contributed by atoms with Crippen LogP contribution < -0.4 is 5.32 Å². The van der Waals surface area contributed by atoms with E-state index in [4.69, 9.17) is 21.6 Å². The summed E-state index contributed by atoms with van der Waals surface area (Å²) in [6, 6.07) is 9.29. The zero-order valence-corrected chi connectivity index (χ0v) is 12.3. The second kappa shape index (κ2) is 5.82. The summed E-state index contributed by atoms with van der Waals surface area (Å²) in [7, 11) is 0. The number of hydrogen-bond acceptors (Lipinski definition) is 3. The molecule has 1 aliphatic heterocycles. The van der Waals surface area contributed by atoms with E-state index in [2.05, 4.69) is 5.32 Å². The first kappa shape index (κ1) is 14.8. The normalized spacial score (nSPS) is 22.3. The van der Waals surface area contributed by atoms with Crippen LogP contribution in [0, 0.1) is 16.7 Å². The third-order valence-electron chi connectivity index (χ3n) is 3.45. The van der Waals surface area contributed by atoms with Gasteiger partial charge in [-0.15, -0.1) is 0 Å². The molecule has 1 aliphatic rings. The number of nitrogens with zero attached hydrogens (tertiary/aromatic N) is 1. The van der Waals surface area contributed by atoms with E-state index in [0.29, 0.717) is 11.6 Å². The van der Waals surface area contributed by atoms with Crippen LogP contribution in [0.5, 0.6) is 0 Å². The average molecular weight is 293 g/mol. The van der Waals surface area contributed by atoms with Crippen molar-refractivity contribution >= 4 is 17.5 Å². The largest absolute Gasteiger partial charge is 0.371 e. The Hall–Kier alpha value is -1.57. The van der Waals surface area contributed by atoms with E-state index in [1.54, 1.807) is 26.0 Å². The van der Waals surface area contributed by atoms with Gasteiger partial charge in [-0.3, -0.25) is 4.79 Å². The van der Waals surface area contributed by atoms with Crippen molar-refractivity contribution in [3.8, 4) is 6.07 Å². The Morgan fingerprint density at radius 3 is 2.70 bits per heavy atom. The molecule has 2 rings (SSSR count). The Kier molecular flexibility index (Phi) is 4.32. The molecule has 2 atom stereocenters. The molecule has 1 aromatic carbocycles. The molecule has 5 heteroatoms. The van der Waals surface area contributed by atoms with E-state index in [0.717, 1.165) is 12.0 Å². The third-order valence-corrected chi connectivity index (χ3v) is 3.71. The van der Waals surface area contributed by atoms with Crippen molar-refractivity contribution in [2.24, 2.45) is 5.41 Å². The summed E-state index contributed by atoms with van der Waals surface area (Å²) < 4.78 is 5.70. The van der Waals surface area contributed by atoms with Gasteiger partial charge in [0.1, 0.15) is 11.5 Å². The lowest BCUT2D eigenvalue weighted by Crippen LogP contribution is -2.43. The van der Waals surface area contributed by atoms with Gasteiger partial charge in [-0.25, -0.2) is 0 Å². The fourth-order valence-corrected chi connectivity index (χ4v) is 2.24. The van der Waals surface area contributed by atoms with Gasteiger partial charge in [-0.05, 0) is 38.0 Å². The molecule has 0 saturated carbocycles. The number of ether oxygens (including phenoxy) is 1. The molecular weight excluding hydrogens is 276 g/mol. The Morgan fingerprint density at radius 2 is 2.10 bits per heavy atom. The van der Waals surface area contributed by atoms with Crippen LogP contribution in [0.3, 0.4) is 0 Å². The highest BCUT2D eigenvalue weighted by Crippen LogP contribution is 2.30. The Morgan fingerprint density at radius 1 is 1.45 bits per heavy atom. The predicted molar refractivity (Wildman–Crippen MR) is 76.1 cm³/mol. The number of carbonyl (C=O) groups excluding carboxylic acids is 1. The summed E-state index contributed by atoms with van der Waals surface area (Å²) in [5, 5.41) is 12.6. The zero-order chi connectivity index (χ0) is 14.8. The molecule has 4 nitrogen and oxygen atoms in total. The second-order valence-electron chi connectivity index (χ2n) is 5.45. The van der Waals surface area contributed by atoms with Gasteiger partial charge in [0.15, 0.2) is 0 Å². The van der Waals surface area contributed by atoms with Gasteiger partial charge in [0, 0.05) is 11.6 Å². The molecule has 0 aromatic heterocycles. The van der Waals surface area contributed by atoms with Crippen LogP contribution in [0.15, 0.2) is 24.3 Å². The summed E-state index contributed by atoms with van der Waals surface area (Å²) in [6.45, 7) is 3.80. The standard InChI is InChI=1S/C15H17ClN2O2/c1-15(2,9-17)14(19)18-12-7-8-20-13(12)10-3-5-11(16)6-4-10/h3-6,12-13H,7-8H2,1-2H3,(H,18,19)/t12-,13-/m0/s1. The molecule has 0 radical (unpaired) electrons. The van der Waals surface area contributed by atoms with Gasteiger partial charge in [-0.1, -0.05) is 23.7 Å². The highest BCUT2D eigenvalue weighted by atomic mass is 35.5. The highest BCUT2D eigenvalue weighted by molar-refractivity contribution is 6.30. The van der Waals surface area contributed by atoms with Crippen molar-refractivity contribution in [2.45, 2.75) is 32.4 Å². The Balaban J connectivity index is 2.10. The molecule has 106 valence electrons. The van der Waals surface area contributed by atoms with Crippen molar-refractivity contribution in [3.63, 3.8) is 0 Å². The van der Waals surface area contributed by atoms with Crippen molar-refractivity contribution in [1.29, 1.82) is 5.26 Å². The first-order valence-corrected chi connectivity index (χ1v) is 6.91. The Labute approximate surface area is 123 Å². The van der Waals surface area contributed by atoms with Crippen LogP contribution in [0.1, 0.15) is 31.9 Å². The topological polar surface area (TPSA) is 62.1 Å². The minimum absolute atomic E-state index is 0.115. The van der Waals surface area contributed by atoms with E-state index in [-0.39, 0.29) is 18.1 Å². The number of amides is 1. The Bertz CT molecular complexity index is 534. The van der Waals surface area contributed by atoms with Crippen LogP contribution >= 0.6 is 11.6 Å². The summed E-state index contributed by atoms with van der Waals surface area (Å²) in [4.78, 5) is 12.1. The van der Waals surface area contributed by atoms with Crippen LogP contribution in [0.2, 0.25) is 5.02 Å². The van der Waals surface area contributed by atoms with Crippen molar-refractivity contribution in [1.82, 2.24) is 5.32 Å². The van der Waals surface area contributed by atoms with Gasteiger partial charge in [0.25, 0.3) is 0 Å². The maximum absolute atomic E-state index is 12.1. The highest BCUT2D eigenvalue weighted by Gasteiger charge is 2.35. The molecule has 1 N–H and O–H groups in total. The number of nitriles is 1. The molecule has 1 amide bonds. The number of halogens is 1. The molecule has 1 saturated heterocycles. The maximum atomic E-state index is 12.1. The zero-order valence-electron chi connectivity index (χ0n) is 11.5. The molecular formula is C15H17ClN2O2. The first-order valence-electron chi connectivity index (χ1n) is 6.53. The van der Waals surface area contributed by atoms with Crippen molar-refractivity contribution < 1.29 is 9.53 Å². The van der Waals surface area contributed by atoms with E-state index < -0.39 is 5.41 Å². The van der Waals surface area contributed by atoms with Crippen LogP contribution in [-0.2, 0) is 9.53 Å². The van der Waals surface area contributed by atoms with Gasteiger partial charge in [0.2, 0.25) is 5.91 Å². The molecule has 0 unspecified atom stereocenters. The van der Waals surface area contributed by atoms with Gasteiger partial charge in [-0.2, -0.15) is 5.26 Å². The minimum Gasteiger partial charge on any atom is -0.371 e. The lowest BCUT2D eigenvalue weighted by molar-refractivity contribution is -0.128.